The molecular weight excluding hydrogens is 300 g/mol. The molecule has 1 amide bonds. The largest absolute Gasteiger partial charge is 0.302 e. The summed E-state index contributed by atoms with van der Waals surface area (Å²) in [6.07, 6.45) is 0.466. The molecule has 0 fully saturated rings. The van der Waals surface area contributed by atoms with Gasteiger partial charge in [0.05, 0.1) is 10.2 Å². The average molecular weight is 313 g/mol. The van der Waals surface area contributed by atoms with E-state index in [4.69, 9.17) is 0 Å². The van der Waals surface area contributed by atoms with Crippen LogP contribution in [0.3, 0.4) is 0 Å². The third-order valence-electron chi connectivity index (χ3n) is 2.57. The quantitative estimate of drug-likeness (QED) is 0.879. The minimum Gasteiger partial charge on any atom is -0.302 e. The van der Waals surface area contributed by atoms with Gasteiger partial charge in [0.2, 0.25) is 5.91 Å². The molecular formula is C12H13BrN2OS. The zero-order chi connectivity index (χ0) is 12.4. The van der Waals surface area contributed by atoms with Crippen molar-refractivity contribution in [3.8, 4) is 0 Å². The second-order valence-corrected chi connectivity index (χ2v) is 5.73. The van der Waals surface area contributed by atoms with Gasteiger partial charge in [-0.2, -0.15) is 0 Å². The molecule has 1 aromatic carbocycles. The third-order valence-corrected chi connectivity index (χ3v) is 3.90. The van der Waals surface area contributed by atoms with Crippen LogP contribution in [-0.2, 0) is 4.79 Å². The van der Waals surface area contributed by atoms with Gasteiger partial charge in [-0.25, -0.2) is 4.98 Å². The highest BCUT2D eigenvalue weighted by Crippen LogP contribution is 2.28. The molecule has 0 spiro atoms. The highest BCUT2D eigenvalue weighted by molar-refractivity contribution is 9.09. The predicted molar refractivity (Wildman–Crippen MR) is 76.1 cm³/mol. The molecule has 0 aliphatic rings. The van der Waals surface area contributed by atoms with E-state index in [-0.39, 0.29) is 5.91 Å². The Labute approximate surface area is 112 Å². The van der Waals surface area contributed by atoms with E-state index < -0.39 is 0 Å². The number of carbonyl (C=O) groups is 1. The summed E-state index contributed by atoms with van der Waals surface area (Å²) in [6, 6.07) is 4.17. The van der Waals surface area contributed by atoms with Crippen LogP contribution in [0.4, 0.5) is 5.13 Å². The second-order valence-electron chi connectivity index (χ2n) is 3.91. The molecule has 0 radical (unpaired) electrons. The Morgan fingerprint density at radius 3 is 2.82 bits per heavy atom. The molecule has 1 N–H and O–H groups in total. The number of anilines is 1. The Balaban J connectivity index is 2.29. The number of amides is 1. The van der Waals surface area contributed by atoms with Crippen molar-refractivity contribution < 1.29 is 4.79 Å². The van der Waals surface area contributed by atoms with Crippen molar-refractivity contribution in [3.63, 3.8) is 0 Å². The Hall–Kier alpha value is -0.940. The van der Waals surface area contributed by atoms with Crippen molar-refractivity contribution in [3.05, 3.63) is 23.3 Å². The smallest absolute Gasteiger partial charge is 0.226 e. The minimum absolute atomic E-state index is 0.00521. The zero-order valence-electron chi connectivity index (χ0n) is 9.71. The fourth-order valence-corrected chi connectivity index (χ4v) is 2.82. The van der Waals surface area contributed by atoms with Gasteiger partial charge >= 0.3 is 0 Å². The van der Waals surface area contributed by atoms with Crippen molar-refractivity contribution in [1.82, 2.24) is 4.98 Å². The summed E-state index contributed by atoms with van der Waals surface area (Å²) >= 11 is 4.76. The van der Waals surface area contributed by atoms with Gasteiger partial charge in [0.15, 0.2) is 5.13 Å². The van der Waals surface area contributed by atoms with E-state index >= 15 is 0 Å². The molecule has 2 rings (SSSR count). The van der Waals surface area contributed by atoms with Gasteiger partial charge in [-0.1, -0.05) is 27.3 Å². The lowest BCUT2D eigenvalue weighted by molar-refractivity contribution is -0.115. The first-order valence-electron chi connectivity index (χ1n) is 5.34. The van der Waals surface area contributed by atoms with Crippen molar-refractivity contribution in [1.29, 1.82) is 0 Å². The van der Waals surface area contributed by atoms with Crippen molar-refractivity contribution in [2.24, 2.45) is 0 Å². The first-order valence-corrected chi connectivity index (χ1v) is 7.27. The molecule has 0 aliphatic heterocycles. The number of hydrogen-bond donors (Lipinski definition) is 1. The number of hydrogen-bond acceptors (Lipinski definition) is 3. The minimum atomic E-state index is -0.00521. The number of alkyl halides is 1. The molecule has 2 aromatic rings. The van der Waals surface area contributed by atoms with Crippen LogP contribution in [0.5, 0.6) is 0 Å². The van der Waals surface area contributed by atoms with E-state index in [1.165, 1.54) is 22.5 Å². The fraction of sp³-hybridized carbons (Fsp3) is 0.333. The molecule has 0 saturated heterocycles. The highest BCUT2D eigenvalue weighted by atomic mass is 79.9. The molecule has 0 saturated carbocycles. The third kappa shape index (κ3) is 2.84. The first-order chi connectivity index (χ1) is 8.10. The van der Waals surface area contributed by atoms with Gasteiger partial charge in [-0.3, -0.25) is 4.79 Å². The maximum Gasteiger partial charge on any atom is 0.226 e. The van der Waals surface area contributed by atoms with Gasteiger partial charge in [0, 0.05) is 11.8 Å². The van der Waals surface area contributed by atoms with Gasteiger partial charge in [0.25, 0.3) is 0 Å². The molecule has 1 heterocycles. The summed E-state index contributed by atoms with van der Waals surface area (Å²) in [5.74, 6) is -0.00521. The van der Waals surface area contributed by atoms with Crippen LogP contribution in [0.1, 0.15) is 17.5 Å². The van der Waals surface area contributed by atoms with E-state index in [9.17, 15) is 4.79 Å². The second kappa shape index (κ2) is 5.14. The molecule has 5 heteroatoms. The number of rotatable bonds is 3. The van der Waals surface area contributed by atoms with Crippen LogP contribution in [-0.4, -0.2) is 16.2 Å². The molecule has 0 atom stereocenters. The highest BCUT2D eigenvalue weighted by Gasteiger charge is 2.08. The molecule has 90 valence electrons. The van der Waals surface area contributed by atoms with Crippen LogP contribution in [0.2, 0.25) is 0 Å². The van der Waals surface area contributed by atoms with Crippen LogP contribution < -0.4 is 5.32 Å². The predicted octanol–water partition coefficient (Wildman–Crippen LogP) is 3.64. The fourth-order valence-electron chi connectivity index (χ4n) is 1.50. The number of aryl methyl sites for hydroxylation is 2. The summed E-state index contributed by atoms with van der Waals surface area (Å²) in [5, 5.41) is 4.16. The molecule has 0 unspecified atom stereocenters. The Bertz CT molecular complexity index is 526. The number of halogens is 1. The molecule has 1 aromatic heterocycles. The Kier molecular flexibility index (Phi) is 3.79. The SMILES string of the molecule is Cc1cc2nc(NC(=O)CCBr)sc2cc1C. The lowest BCUT2D eigenvalue weighted by Gasteiger charge is -1.97. The van der Waals surface area contributed by atoms with Gasteiger partial charge in [0.1, 0.15) is 0 Å². The normalized spacial score (nSPS) is 10.8. The lowest BCUT2D eigenvalue weighted by Crippen LogP contribution is -2.11. The number of nitrogens with zero attached hydrogens (tertiary/aromatic N) is 1. The number of thiazole rings is 1. The molecule has 3 nitrogen and oxygen atoms in total. The summed E-state index contributed by atoms with van der Waals surface area (Å²) in [7, 11) is 0. The summed E-state index contributed by atoms with van der Waals surface area (Å²) < 4.78 is 1.11. The van der Waals surface area contributed by atoms with E-state index in [1.54, 1.807) is 0 Å². The van der Waals surface area contributed by atoms with E-state index in [0.29, 0.717) is 16.9 Å². The van der Waals surface area contributed by atoms with Crippen molar-refractivity contribution in [2.75, 3.05) is 10.6 Å². The van der Waals surface area contributed by atoms with E-state index in [1.807, 2.05) is 0 Å². The zero-order valence-corrected chi connectivity index (χ0v) is 12.1. The maximum absolute atomic E-state index is 11.4. The Morgan fingerprint density at radius 2 is 2.12 bits per heavy atom. The van der Waals surface area contributed by atoms with E-state index in [0.717, 1.165) is 10.2 Å². The first kappa shape index (κ1) is 12.5. The number of nitrogens with one attached hydrogen (secondary N) is 1. The Morgan fingerprint density at radius 1 is 1.41 bits per heavy atom. The topological polar surface area (TPSA) is 42.0 Å². The average Bonchev–Trinajstić information content (AvgIpc) is 2.60. The van der Waals surface area contributed by atoms with Crippen LogP contribution in [0.15, 0.2) is 12.1 Å². The number of carbonyl (C=O) groups excluding carboxylic acids is 1. The monoisotopic (exact) mass is 312 g/mol. The van der Waals surface area contributed by atoms with Crippen molar-refractivity contribution >= 4 is 48.5 Å². The number of fused-ring (bicyclic) bond motifs is 1. The summed E-state index contributed by atoms with van der Waals surface area (Å²) in [6.45, 7) is 4.15. The van der Waals surface area contributed by atoms with E-state index in [2.05, 4.69) is 52.2 Å². The van der Waals surface area contributed by atoms with Crippen LogP contribution >= 0.6 is 27.3 Å². The number of benzene rings is 1. The van der Waals surface area contributed by atoms with Crippen LogP contribution in [0.25, 0.3) is 10.2 Å². The molecule has 17 heavy (non-hydrogen) atoms. The molecule has 0 bridgehead atoms. The maximum atomic E-state index is 11.4. The van der Waals surface area contributed by atoms with Crippen LogP contribution in [0, 0.1) is 13.8 Å². The summed E-state index contributed by atoms with van der Waals surface area (Å²) in [5.41, 5.74) is 3.42. The van der Waals surface area contributed by atoms with Gasteiger partial charge in [-0.05, 0) is 37.1 Å². The lowest BCUT2D eigenvalue weighted by atomic mass is 10.1. The number of aromatic nitrogens is 1. The van der Waals surface area contributed by atoms with Gasteiger partial charge in [-0.15, -0.1) is 0 Å². The van der Waals surface area contributed by atoms with Crippen molar-refractivity contribution in [2.45, 2.75) is 20.3 Å². The summed E-state index contributed by atoms with van der Waals surface area (Å²) in [4.78, 5) is 15.9. The molecule has 0 aliphatic carbocycles. The standard InChI is InChI=1S/C12H13BrN2OS/c1-7-5-9-10(6-8(7)2)17-12(14-9)15-11(16)3-4-13/h5-6H,3-4H2,1-2H3,(H,14,15,16). The van der Waals surface area contributed by atoms with Gasteiger partial charge < -0.3 is 5.32 Å².